The van der Waals surface area contributed by atoms with Crippen molar-refractivity contribution >= 4 is 5.97 Å². The molecule has 0 unspecified atom stereocenters. The third kappa shape index (κ3) is 3.59. The predicted octanol–water partition coefficient (Wildman–Crippen LogP) is 2.59. The number of carbonyl (C=O) groups is 1. The Labute approximate surface area is 120 Å². The molecule has 1 aromatic carbocycles. The van der Waals surface area contributed by atoms with Gasteiger partial charge in [0, 0.05) is 29.4 Å². The van der Waals surface area contributed by atoms with Crippen molar-refractivity contribution < 1.29 is 18.7 Å². The first-order chi connectivity index (χ1) is 9.86. The number of hydrogen-bond acceptors (Lipinski definition) is 3. The van der Waals surface area contributed by atoms with Gasteiger partial charge in [0.1, 0.15) is 17.5 Å². The highest BCUT2D eigenvalue weighted by Crippen LogP contribution is 2.16. The summed E-state index contributed by atoms with van der Waals surface area (Å²) in [6.07, 6.45) is -0.0238. The minimum absolute atomic E-state index is 0.126. The smallest absolute Gasteiger partial charge is 0.307 e. The number of rotatable bonds is 4. The van der Waals surface area contributed by atoms with Gasteiger partial charge in [0.05, 0.1) is 6.42 Å². The Morgan fingerprint density at radius 3 is 2.33 bits per heavy atom. The van der Waals surface area contributed by atoms with Gasteiger partial charge in [-0.25, -0.2) is 18.7 Å². The number of aromatic nitrogens is 2. The van der Waals surface area contributed by atoms with E-state index in [0.29, 0.717) is 28.3 Å². The zero-order chi connectivity index (χ0) is 15.6. The van der Waals surface area contributed by atoms with Crippen LogP contribution in [0.5, 0.6) is 0 Å². The van der Waals surface area contributed by atoms with Gasteiger partial charge in [0.2, 0.25) is 0 Å². The van der Waals surface area contributed by atoms with E-state index in [2.05, 4.69) is 9.97 Å². The molecule has 1 aromatic heterocycles. The van der Waals surface area contributed by atoms with Crippen molar-refractivity contribution in [1.82, 2.24) is 9.97 Å². The van der Waals surface area contributed by atoms with Crippen molar-refractivity contribution in [2.45, 2.75) is 26.7 Å². The summed E-state index contributed by atoms with van der Waals surface area (Å²) < 4.78 is 26.5. The molecule has 0 amide bonds. The van der Waals surface area contributed by atoms with Crippen LogP contribution in [0.4, 0.5) is 8.78 Å². The molecule has 0 spiro atoms. The van der Waals surface area contributed by atoms with Crippen LogP contribution in [0.1, 0.15) is 28.3 Å². The van der Waals surface area contributed by atoms with E-state index in [9.17, 15) is 13.6 Å². The first-order valence-electron chi connectivity index (χ1n) is 6.35. The van der Waals surface area contributed by atoms with Crippen molar-refractivity contribution in [1.29, 1.82) is 0 Å². The topological polar surface area (TPSA) is 63.1 Å². The van der Waals surface area contributed by atoms with Crippen LogP contribution in [0.15, 0.2) is 18.2 Å². The van der Waals surface area contributed by atoms with Crippen LogP contribution in [-0.4, -0.2) is 21.0 Å². The van der Waals surface area contributed by atoms with E-state index in [-0.39, 0.29) is 12.8 Å². The lowest BCUT2D eigenvalue weighted by Crippen LogP contribution is -2.10. The second-order valence-electron chi connectivity index (χ2n) is 4.77. The fourth-order valence-electron chi connectivity index (χ4n) is 2.13. The molecule has 21 heavy (non-hydrogen) atoms. The molecule has 2 aromatic rings. The average Bonchev–Trinajstić information content (AvgIpc) is 2.37. The molecule has 4 nitrogen and oxygen atoms in total. The molecular weight excluding hydrogens is 278 g/mol. The number of aliphatic carboxylic acids is 1. The van der Waals surface area contributed by atoms with Gasteiger partial charge in [0.25, 0.3) is 0 Å². The zero-order valence-electron chi connectivity index (χ0n) is 11.7. The number of aryl methyl sites for hydroxylation is 2. The van der Waals surface area contributed by atoms with Crippen LogP contribution in [0.25, 0.3) is 0 Å². The van der Waals surface area contributed by atoms with E-state index in [0.717, 1.165) is 6.07 Å². The SMILES string of the molecule is Cc1nc(Cc2ccc(F)cc2F)nc(C)c1CC(=O)O. The van der Waals surface area contributed by atoms with E-state index >= 15 is 0 Å². The van der Waals surface area contributed by atoms with Crippen molar-refractivity contribution in [2.75, 3.05) is 0 Å². The molecule has 0 saturated carbocycles. The van der Waals surface area contributed by atoms with Gasteiger partial charge in [-0.15, -0.1) is 0 Å². The fraction of sp³-hybridized carbons (Fsp3) is 0.267. The van der Waals surface area contributed by atoms with E-state index < -0.39 is 17.6 Å². The maximum atomic E-state index is 13.6. The standard InChI is InChI=1S/C15H14F2N2O2/c1-8-12(7-15(20)21)9(2)19-14(18-8)5-10-3-4-11(16)6-13(10)17/h3-4,6H,5,7H2,1-2H3,(H,20,21). The van der Waals surface area contributed by atoms with Crippen molar-refractivity contribution in [3.63, 3.8) is 0 Å². The number of benzene rings is 1. The maximum Gasteiger partial charge on any atom is 0.307 e. The summed E-state index contributed by atoms with van der Waals surface area (Å²) in [5.74, 6) is -1.86. The molecule has 110 valence electrons. The molecule has 0 atom stereocenters. The lowest BCUT2D eigenvalue weighted by molar-refractivity contribution is -0.136. The van der Waals surface area contributed by atoms with Crippen LogP contribution in [0.2, 0.25) is 0 Å². The van der Waals surface area contributed by atoms with Gasteiger partial charge in [-0.3, -0.25) is 4.79 Å². The minimum atomic E-state index is -0.956. The Morgan fingerprint density at radius 1 is 1.19 bits per heavy atom. The van der Waals surface area contributed by atoms with Gasteiger partial charge >= 0.3 is 5.97 Å². The number of nitrogens with zero attached hydrogens (tertiary/aromatic N) is 2. The molecular formula is C15H14F2N2O2. The van der Waals surface area contributed by atoms with E-state index in [1.807, 2.05) is 0 Å². The molecule has 0 aliphatic carbocycles. The highest BCUT2D eigenvalue weighted by atomic mass is 19.1. The third-order valence-electron chi connectivity index (χ3n) is 3.16. The van der Waals surface area contributed by atoms with E-state index in [4.69, 9.17) is 5.11 Å². The van der Waals surface area contributed by atoms with E-state index in [1.54, 1.807) is 13.8 Å². The summed E-state index contributed by atoms with van der Waals surface area (Å²) in [5.41, 5.74) is 1.97. The molecule has 2 rings (SSSR count). The highest BCUT2D eigenvalue weighted by Gasteiger charge is 2.13. The number of carboxylic acids is 1. The van der Waals surface area contributed by atoms with E-state index in [1.165, 1.54) is 12.1 Å². The Kier molecular flexibility index (Phi) is 4.26. The summed E-state index contributed by atoms with van der Waals surface area (Å²) in [5, 5.41) is 8.84. The zero-order valence-corrected chi connectivity index (χ0v) is 11.7. The van der Waals surface area contributed by atoms with Crippen molar-refractivity contribution in [3.05, 3.63) is 58.2 Å². The van der Waals surface area contributed by atoms with Gasteiger partial charge in [0.15, 0.2) is 0 Å². The summed E-state index contributed by atoms with van der Waals surface area (Å²) >= 11 is 0. The minimum Gasteiger partial charge on any atom is -0.481 e. The fourth-order valence-corrected chi connectivity index (χ4v) is 2.13. The largest absolute Gasteiger partial charge is 0.481 e. The lowest BCUT2D eigenvalue weighted by Gasteiger charge is -2.09. The molecule has 0 bridgehead atoms. The van der Waals surface area contributed by atoms with Crippen LogP contribution >= 0.6 is 0 Å². The molecule has 0 saturated heterocycles. The van der Waals surface area contributed by atoms with Crippen LogP contribution in [0.3, 0.4) is 0 Å². The first kappa shape index (κ1) is 15.0. The first-order valence-corrected chi connectivity index (χ1v) is 6.35. The normalized spacial score (nSPS) is 10.7. The third-order valence-corrected chi connectivity index (χ3v) is 3.16. The molecule has 0 aliphatic heterocycles. The summed E-state index contributed by atoms with van der Waals surface area (Å²) in [6, 6.07) is 3.34. The summed E-state index contributed by atoms with van der Waals surface area (Å²) in [7, 11) is 0. The summed E-state index contributed by atoms with van der Waals surface area (Å²) in [4.78, 5) is 19.2. The van der Waals surface area contributed by atoms with Gasteiger partial charge < -0.3 is 5.11 Å². The number of hydrogen-bond donors (Lipinski definition) is 1. The average molecular weight is 292 g/mol. The lowest BCUT2D eigenvalue weighted by atomic mass is 10.1. The quantitative estimate of drug-likeness (QED) is 0.940. The second-order valence-corrected chi connectivity index (χ2v) is 4.77. The van der Waals surface area contributed by atoms with Crippen molar-refractivity contribution in [3.8, 4) is 0 Å². The molecule has 6 heteroatoms. The van der Waals surface area contributed by atoms with Crippen LogP contribution in [-0.2, 0) is 17.6 Å². The predicted molar refractivity (Wildman–Crippen MR) is 72.0 cm³/mol. The maximum absolute atomic E-state index is 13.6. The van der Waals surface area contributed by atoms with Gasteiger partial charge in [-0.1, -0.05) is 6.07 Å². The Morgan fingerprint density at radius 2 is 1.81 bits per heavy atom. The Balaban J connectivity index is 2.31. The second kappa shape index (κ2) is 5.95. The molecule has 0 radical (unpaired) electrons. The van der Waals surface area contributed by atoms with Gasteiger partial charge in [-0.2, -0.15) is 0 Å². The summed E-state index contributed by atoms with van der Waals surface area (Å²) in [6.45, 7) is 3.38. The number of halogens is 2. The van der Waals surface area contributed by atoms with Crippen LogP contribution < -0.4 is 0 Å². The molecule has 1 N–H and O–H groups in total. The van der Waals surface area contributed by atoms with Gasteiger partial charge in [-0.05, 0) is 25.5 Å². The Hall–Kier alpha value is -2.37. The Bertz CT molecular complexity index is 679. The highest BCUT2D eigenvalue weighted by molar-refractivity contribution is 5.70. The molecule has 0 aliphatic rings. The monoisotopic (exact) mass is 292 g/mol. The van der Waals surface area contributed by atoms with Crippen LogP contribution in [0, 0.1) is 25.5 Å². The molecule has 0 fully saturated rings. The molecule has 1 heterocycles. The number of carboxylic acid groups (broad SMARTS) is 1. The van der Waals surface area contributed by atoms with Crippen molar-refractivity contribution in [2.24, 2.45) is 0 Å².